The number of aryl methyl sites for hydroxylation is 2. The van der Waals surface area contributed by atoms with Crippen LogP contribution in [0.4, 0.5) is 0 Å². The standard InChI is InChI=1S/C20H30O6S2/c1-15-13-18(26-12-10-24-8-6-22-4)20(27-15)19-14-17(16(2)28-19)25-11-9-23-7-5-21-3/h13-14H,5-12H2,1-4H3. The number of ether oxygens (including phenoxy) is 6. The van der Waals surface area contributed by atoms with Gasteiger partial charge < -0.3 is 28.4 Å². The first kappa shape index (κ1) is 23.1. The van der Waals surface area contributed by atoms with E-state index in [2.05, 4.69) is 26.0 Å². The van der Waals surface area contributed by atoms with E-state index in [9.17, 15) is 0 Å². The molecule has 2 aromatic rings. The maximum atomic E-state index is 5.96. The van der Waals surface area contributed by atoms with Crippen molar-refractivity contribution in [2.24, 2.45) is 0 Å². The average molecular weight is 431 g/mol. The van der Waals surface area contributed by atoms with Crippen LogP contribution in [0.2, 0.25) is 0 Å². The van der Waals surface area contributed by atoms with Crippen LogP contribution >= 0.6 is 22.7 Å². The van der Waals surface area contributed by atoms with Crippen molar-refractivity contribution in [3.63, 3.8) is 0 Å². The van der Waals surface area contributed by atoms with E-state index in [1.165, 1.54) is 4.88 Å². The van der Waals surface area contributed by atoms with Crippen LogP contribution in [0.25, 0.3) is 9.75 Å². The molecule has 2 aromatic heterocycles. The summed E-state index contributed by atoms with van der Waals surface area (Å²) in [5.41, 5.74) is 0. The van der Waals surface area contributed by atoms with Gasteiger partial charge in [-0.05, 0) is 19.9 Å². The Balaban J connectivity index is 1.88. The molecule has 0 aliphatic carbocycles. The molecule has 0 saturated carbocycles. The van der Waals surface area contributed by atoms with Gasteiger partial charge in [0.1, 0.15) is 24.7 Å². The molecule has 2 rings (SSSR count). The summed E-state index contributed by atoms with van der Waals surface area (Å²) in [5, 5.41) is 0. The van der Waals surface area contributed by atoms with Crippen molar-refractivity contribution in [2.75, 3.05) is 67.1 Å². The van der Waals surface area contributed by atoms with Crippen molar-refractivity contribution in [3.05, 3.63) is 21.9 Å². The van der Waals surface area contributed by atoms with Crippen LogP contribution in [0, 0.1) is 13.8 Å². The minimum atomic E-state index is 0.513. The molecule has 6 nitrogen and oxygen atoms in total. The molecule has 0 bridgehead atoms. The van der Waals surface area contributed by atoms with E-state index >= 15 is 0 Å². The largest absolute Gasteiger partial charge is 0.490 e. The molecule has 0 aromatic carbocycles. The first-order chi connectivity index (χ1) is 13.7. The van der Waals surface area contributed by atoms with Crippen LogP contribution < -0.4 is 9.47 Å². The van der Waals surface area contributed by atoms with Crippen LogP contribution in [0.3, 0.4) is 0 Å². The van der Waals surface area contributed by atoms with E-state index in [0.29, 0.717) is 52.9 Å². The third kappa shape index (κ3) is 7.69. The van der Waals surface area contributed by atoms with E-state index in [1.807, 2.05) is 0 Å². The fourth-order valence-corrected chi connectivity index (χ4v) is 4.42. The molecule has 0 aliphatic rings. The van der Waals surface area contributed by atoms with Crippen LogP contribution in [-0.4, -0.2) is 67.1 Å². The van der Waals surface area contributed by atoms with Crippen LogP contribution in [0.1, 0.15) is 9.75 Å². The number of hydrogen-bond acceptors (Lipinski definition) is 8. The summed E-state index contributed by atoms with van der Waals surface area (Å²) in [7, 11) is 3.32. The lowest BCUT2D eigenvalue weighted by Crippen LogP contribution is -2.10. The van der Waals surface area contributed by atoms with Gasteiger partial charge in [0, 0.05) is 30.0 Å². The molecule has 0 saturated heterocycles. The molecule has 2 heterocycles. The molecule has 0 unspecified atom stereocenters. The van der Waals surface area contributed by atoms with Gasteiger partial charge in [0.2, 0.25) is 0 Å². The van der Waals surface area contributed by atoms with E-state index in [0.717, 1.165) is 26.1 Å². The van der Waals surface area contributed by atoms with E-state index in [-0.39, 0.29) is 0 Å². The summed E-state index contributed by atoms with van der Waals surface area (Å²) < 4.78 is 32.7. The summed E-state index contributed by atoms with van der Waals surface area (Å²) in [6.07, 6.45) is 0. The zero-order chi connectivity index (χ0) is 20.2. The fraction of sp³-hybridized carbons (Fsp3) is 0.600. The number of methoxy groups -OCH3 is 2. The molecule has 0 N–H and O–H groups in total. The van der Waals surface area contributed by atoms with E-state index < -0.39 is 0 Å². The second-order valence-corrected chi connectivity index (χ2v) is 8.50. The van der Waals surface area contributed by atoms with Gasteiger partial charge >= 0.3 is 0 Å². The minimum Gasteiger partial charge on any atom is -0.490 e. The Bertz CT molecular complexity index is 682. The molecule has 0 spiro atoms. The highest BCUT2D eigenvalue weighted by molar-refractivity contribution is 7.22. The van der Waals surface area contributed by atoms with Crippen molar-refractivity contribution < 1.29 is 28.4 Å². The predicted octanol–water partition coefficient (Wildman–Crippen LogP) is 4.18. The summed E-state index contributed by atoms with van der Waals surface area (Å²) in [6.45, 7) is 8.63. The molecular weight excluding hydrogens is 400 g/mol. The molecule has 8 heteroatoms. The summed E-state index contributed by atoms with van der Waals surface area (Å²) in [5.74, 6) is 1.80. The number of hydrogen-bond donors (Lipinski definition) is 0. The second-order valence-electron chi connectivity index (χ2n) is 5.99. The lowest BCUT2D eigenvalue weighted by Gasteiger charge is -2.07. The Kier molecular flexibility index (Phi) is 10.8. The van der Waals surface area contributed by atoms with Crippen molar-refractivity contribution in [3.8, 4) is 21.3 Å². The van der Waals surface area contributed by atoms with Gasteiger partial charge in [0.25, 0.3) is 0 Å². The zero-order valence-electron chi connectivity index (χ0n) is 17.1. The summed E-state index contributed by atoms with van der Waals surface area (Å²) in [6, 6.07) is 4.16. The third-order valence-electron chi connectivity index (χ3n) is 3.75. The maximum absolute atomic E-state index is 5.96. The van der Waals surface area contributed by atoms with Gasteiger partial charge in [-0.1, -0.05) is 0 Å². The lowest BCUT2D eigenvalue weighted by molar-refractivity contribution is 0.0544. The van der Waals surface area contributed by atoms with Gasteiger partial charge in [0.15, 0.2) is 0 Å². The van der Waals surface area contributed by atoms with Gasteiger partial charge in [-0.25, -0.2) is 0 Å². The van der Waals surface area contributed by atoms with Gasteiger partial charge in [-0.2, -0.15) is 0 Å². The Labute approximate surface area is 175 Å². The highest BCUT2D eigenvalue weighted by atomic mass is 32.1. The quantitative estimate of drug-likeness (QED) is 0.395. The molecule has 158 valence electrons. The maximum Gasteiger partial charge on any atom is 0.139 e. The van der Waals surface area contributed by atoms with Gasteiger partial charge in [0.05, 0.1) is 49.4 Å². The Hall–Kier alpha value is -1.16. The van der Waals surface area contributed by atoms with Crippen molar-refractivity contribution in [2.45, 2.75) is 13.8 Å². The first-order valence-electron chi connectivity index (χ1n) is 9.26. The lowest BCUT2D eigenvalue weighted by atomic mass is 10.3. The molecule has 0 atom stereocenters. The first-order valence-corrected chi connectivity index (χ1v) is 10.9. The minimum absolute atomic E-state index is 0.513. The number of rotatable bonds is 15. The predicted molar refractivity (Wildman–Crippen MR) is 113 cm³/mol. The normalized spacial score (nSPS) is 11.1. The molecule has 28 heavy (non-hydrogen) atoms. The molecular formula is C20H30O6S2. The van der Waals surface area contributed by atoms with Gasteiger partial charge in [-0.3, -0.25) is 0 Å². The van der Waals surface area contributed by atoms with Gasteiger partial charge in [-0.15, -0.1) is 22.7 Å². The Morgan fingerprint density at radius 3 is 1.86 bits per heavy atom. The van der Waals surface area contributed by atoms with E-state index in [1.54, 1.807) is 36.9 Å². The fourth-order valence-electron chi connectivity index (χ4n) is 2.40. The van der Waals surface area contributed by atoms with E-state index in [4.69, 9.17) is 28.4 Å². The highest BCUT2D eigenvalue weighted by Gasteiger charge is 2.16. The number of thiophene rings is 2. The summed E-state index contributed by atoms with van der Waals surface area (Å²) >= 11 is 3.44. The molecule has 0 radical (unpaired) electrons. The van der Waals surface area contributed by atoms with Crippen molar-refractivity contribution >= 4 is 22.7 Å². The van der Waals surface area contributed by atoms with Crippen LogP contribution in [-0.2, 0) is 18.9 Å². The Morgan fingerprint density at radius 2 is 1.25 bits per heavy atom. The second kappa shape index (κ2) is 13.1. The third-order valence-corrected chi connectivity index (χ3v) is 5.99. The van der Waals surface area contributed by atoms with Crippen LogP contribution in [0.5, 0.6) is 11.5 Å². The SMILES string of the molecule is COCCOCCOc1cc(-c2sc(C)cc2OCCOCCOC)sc1C. The average Bonchev–Trinajstić information content (AvgIpc) is 3.23. The molecule has 0 fully saturated rings. The highest BCUT2D eigenvalue weighted by Crippen LogP contribution is 2.44. The van der Waals surface area contributed by atoms with Crippen molar-refractivity contribution in [1.29, 1.82) is 0 Å². The van der Waals surface area contributed by atoms with Crippen molar-refractivity contribution in [1.82, 2.24) is 0 Å². The summed E-state index contributed by atoms with van der Waals surface area (Å²) in [4.78, 5) is 4.65. The topological polar surface area (TPSA) is 55.4 Å². The smallest absolute Gasteiger partial charge is 0.139 e. The molecule has 0 amide bonds. The monoisotopic (exact) mass is 430 g/mol. The zero-order valence-corrected chi connectivity index (χ0v) is 18.7. The molecule has 0 aliphatic heterocycles. The van der Waals surface area contributed by atoms with Crippen LogP contribution in [0.15, 0.2) is 12.1 Å². The Morgan fingerprint density at radius 1 is 0.679 bits per heavy atom.